The number of benzene rings is 1. The summed E-state index contributed by atoms with van der Waals surface area (Å²) in [7, 11) is 0. The summed E-state index contributed by atoms with van der Waals surface area (Å²) in [5, 5.41) is 2.61. The van der Waals surface area contributed by atoms with Gasteiger partial charge in [0, 0.05) is 37.8 Å². The Morgan fingerprint density at radius 1 is 1.08 bits per heavy atom. The highest BCUT2D eigenvalue weighted by Crippen LogP contribution is 2.33. The van der Waals surface area contributed by atoms with E-state index in [9.17, 15) is 27.2 Å². The maximum Gasteiger partial charge on any atom is 0.419 e. The van der Waals surface area contributed by atoms with Crippen molar-refractivity contribution in [2.75, 3.05) is 38.0 Å². The minimum atomic E-state index is -4.80. The van der Waals surface area contributed by atoms with Crippen molar-refractivity contribution in [2.45, 2.75) is 19.0 Å². The Morgan fingerprint density at radius 3 is 2.27 bits per heavy atom. The number of hydrogen-bond donors (Lipinski definition) is 1. The van der Waals surface area contributed by atoms with E-state index < -0.39 is 17.6 Å². The Kier molecular flexibility index (Phi) is 5.06. The lowest BCUT2D eigenvalue weighted by molar-refractivity contribution is -0.140. The summed E-state index contributed by atoms with van der Waals surface area (Å²) in [6.07, 6.45) is -2.94. The monoisotopic (exact) mass is 373 g/mol. The smallest absolute Gasteiger partial charge is 0.376 e. The lowest BCUT2D eigenvalue weighted by Gasteiger charge is -2.35. The number of rotatable bonds is 4. The highest BCUT2D eigenvalue weighted by atomic mass is 19.4. The van der Waals surface area contributed by atoms with Crippen LogP contribution in [0.3, 0.4) is 0 Å². The molecule has 3 rings (SSSR count). The van der Waals surface area contributed by atoms with Crippen LogP contribution in [0.4, 0.5) is 23.2 Å². The average molecular weight is 373 g/mol. The lowest BCUT2D eigenvalue weighted by atomic mass is 10.2. The molecule has 1 aromatic rings. The molecule has 9 heteroatoms. The third-order valence-corrected chi connectivity index (χ3v) is 4.59. The van der Waals surface area contributed by atoms with Gasteiger partial charge in [0.05, 0.1) is 12.1 Å². The number of anilines is 1. The summed E-state index contributed by atoms with van der Waals surface area (Å²) in [6, 6.07) is 2.52. The molecule has 1 saturated carbocycles. The van der Waals surface area contributed by atoms with Crippen LogP contribution in [0, 0.1) is 11.7 Å². The van der Waals surface area contributed by atoms with E-state index in [1.807, 2.05) is 0 Å². The fourth-order valence-electron chi connectivity index (χ4n) is 2.91. The van der Waals surface area contributed by atoms with Crippen molar-refractivity contribution in [3.63, 3.8) is 0 Å². The number of nitrogens with zero attached hydrogens (tertiary/aromatic N) is 2. The predicted octanol–water partition coefficient (Wildman–Crippen LogP) is 2.34. The Bertz CT molecular complexity index is 696. The van der Waals surface area contributed by atoms with Crippen molar-refractivity contribution >= 4 is 17.5 Å². The summed E-state index contributed by atoms with van der Waals surface area (Å²) >= 11 is 0. The van der Waals surface area contributed by atoms with Crippen molar-refractivity contribution in [2.24, 2.45) is 5.92 Å². The molecule has 0 bridgehead atoms. The Hall–Kier alpha value is -2.32. The van der Waals surface area contributed by atoms with Crippen LogP contribution >= 0.6 is 0 Å². The van der Waals surface area contributed by atoms with Crippen LogP contribution in [0.5, 0.6) is 0 Å². The second-order valence-electron chi connectivity index (χ2n) is 6.53. The molecule has 2 amide bonds. The number of alkyl halides is 3. The first-order chi connectivity index (χ1) is 12.3. The number of nitrogens with one attached hydrogen (secondary N) is 1. The fourth-order valence-corrected chi connectivity index (χ4v) is 2.91. The van der Waals surface area contributed by atoms with Gasteiger partial charge in [0.1, 0.15) is 5.82 Å². The first-order valence-electron chi connectivity index (χ1n) is 8.43. The molecule has 26 heavy (non-hydrogen) atoms. The molecule has 142 valence electrons. The van der Waals surface area contributed by atoms with Gasteiger partial charge < -0.3 is 15.1 Å². The van der Waals surface area contributed by atoms with E-state index in [1.165, 1.54) is 0 Å². The number of piperazine rings is 1. The van der Waals surface area contributed by atoms with E-state index in [0.717, 1.165) is 25.0 Å². The van der Waals surface area contributed by atoms with Gasteiger partial charge in [-0.2, -0.15) is 13.2 Å². The number of halogens is 4. The molecular weight excluding hydrogens is 354 g/mol. The Labute approximate surface area is 147 Å². The quantitative estimate of drug-likeness (QED) is 0.825. The number of carbonyl (C=O) groups excluding carboxylic acids is 2. The summed E-state index contributed by atoms with van der Waals surface area (Å²) in [4.78, 5) is 27.5. The molecule has 0 radical (unpaired) electrons. The standard InChI is InChI=1S/C17H19F4N3O2/c18-14-4-3-12(9-13(14)17(19,20)21)22-10-15(25)23-5-7-24(8-6-23)16(26)11-1-2-11/h3-4,9,11,22H,1-2,5-8,10H2. The lowest BCUT2D eigenvalue weighted by Crippen LogP contribution is -2.52. The fraction of sp³-hybridized carbons (Fsp3) is 0.529. The van der Waals surface area contributed by atoms with Crippen molar-refractivity contribution in [3.8, 4) is 0 Å². The normalized spacial score (nSPS) is 18.0. The van der Waals surface area contributed by atoms with Crippen molar-refractivity contribution in [3.05, 3.63) is 29.6 Å². The SMILES string of the molecule is O=C(CNc1ccc(F)c(C(F)(F)F)c1)N1CCN(C(=O)C2CC2)CC1. The molecule has 2 aliphatic rings. The molecule has 0 aromatic heterocycles. The van der Waals surface area contributed by atoms with Gasteiger partial charge >= 0.3 is 6.18 Å². The van der Waals surface area contributed by atoms with Crippen molar-refractivity contribution in [1.29, 1.82) is 0 Å². The van der Waals surface area contributed by atoms with E-state index in [2.05, 4.69) is 5.32 Å². The molecule has 5 nitrogen and oxygen atoms in total. The van der Waals surface area contributed by atoms with E-state index in [-0.39, 0.29) is 30.0 Å². The van der Waals surface area contributed by atoms with Gasteiger partial charge in [-0.1, -0.05) is 0 Å². The third-order valence-electron chi connectivity index (χ3n) is 4.59. The minimum absolute atomic E-state index is 0.0228. The van der Waals surface area contributed by atoms with E-state index in [4.69, 9.17) is 0 Å². The van der Waals surface area contributed by atoms with Gasteiger partial charge in [0.25, 0.3) is 0 Å². The van der Waals surface area contributed by atoms with E-state index >= 15 is 0 Å². The zero-order valence-corrected chi connectivity index (χ0v) is 14.0. The molecule has 0 unspecified atom stereocenters. The summed E-state index contributed by atoms with van der Waals surface area (Å²) in [5.74, 6) is -1.35. The first-order valence-corrected chi connectivity index (χ1v) is 8.43. The van der Waals surface area contributed by atoms with Crippen LogP contribution in [-0.4, -0.2) is 54.3 Å². The second kappa shape index (κ2) is 7.13. The molecule has 1 aliphatic heterocycles. The number of amides is 2. The average Bonchev–Trinajstić information content (AvgIpc) is 3.44. The van der Waals surface area contributed by atoms with Gasteiger partial charge in [-0.15, -0.1) is 0 Å². The van der Waals surface area contributed by atoms with Crippen LogP contribution < -0.4 is 5.32 Å². The van der Waals surface area contributed by atoms with Gasteiger partial charge in [-0.3, -0.25) is 9.59 Å². The second-order valence-corrected chi connectivity index (χ2v) is 6.53. The van der Waals surface area contributed by atoms with Crippen LogP contribution in [0.1, 0.15) is 18.4 Å². The predicted molar refractivity (Wildman–Crippen MR) is 85.8 cm³/mol. The molecule has 0 atom stereocenters. The van der Waals surface area contributed by atoms with Crippen LogP contribution in [0.15, 0.2) is 18.2 Å². The maximum absolute atomic E-state index is 13.3. The molecule has 1 saturated heterocycles. The van der Waals surface area contributed by atoms with Crippen LogP contribution in [0.2, 0.25) is 0 Å². The van der Waals surface area contributed by atoms with Crippen molar-refractivity contribution < 1.29 is 27.2 Å². The maximum atomic E-state index is 13.3. The minimum Gasteiger partial charge on any atom is -0.376 e. The van der Waals surface area contributed by atoms with Gasteiger partial charge in [0.15, 0.2) is 0 Å². The molecule has 1 aliphatic carbocycles. The highest BCUT2D eigenvalue weighted by molar-refractivity contribution is 5.83. The number of hydrogen-bond acceptors (Lipinski definition) is 3. The zero-order chi connectivity index (χ0) is 18.9. The summed E-state index contributed by atoms with van der Waals surface area (Å²) in [5.41, 5.74) is -1.35. The van der Waals surface area contributed by atoms with E-state index in [1.54, 1.807) is 9.80 Å². The third kappa shape index (κ3) is 4.25. The molecule has 1 heterocycles. The highest BCUT2D eigenvalue weighted by Gasteiger charge is 2.35. The topological polar surface area (TPSA) is 52.7 Å². The van der Waals surface area contributed by atoms with Gasteiger partial charge in [-0.05, 0) is 31.0 Å². The zero-order valence-electron chi connectivity index (χ0n) is 14.0. The Morgan fingerprint density at radius 2 is 1.69 bits per heavy atom. The van der Waals surface area contributed by atoms with E-state index in [0.29, 0.717) is 32.2 Å². The Balaban J connectivity index is 1.51. The van der Waals surface area contributed by atoms with Gasteiger partial charge in [-0.25, -0.2) is 4.39 Å². The first kappa shape index (κ1) is 18.5. The largest absolute Gasteiger partial charge is 0.419 e. The molecule has 1 aromatic carbocycles. The van der Waals surface area contributed by atoms with Crippen LogP contribution in [-0.2, 0) is 15.8 Å². The summed E-state index contributed by atoms with van der Waals surface area (Å²) < 4.78 is 51.4. The molecular formula is C17H19F4N3O2. The van der Waals surface area contributed by atoms with Gasteiger partial charge in [0.2, 0.25) is 11.8 Å². The molecule has 1 N–H and O–H groups in total. The van der Waals surface area contributed by atoms with Crippen LogP contribution in [0.25, 0.3) is 0 Å². The van der Waals surface area contributed by atoms with Crippen molar-refractivity contribution in [1.82, 2.24) is 9.80 Å². The summed E-state index contributed by atoms with van der Waals surface area (Å²) in [6.45, 7) is 1.54. The molecule has 0 spiro atoms. The molecule has 2 fully saturated rings. The number of carbonyl (C=O) groups is 2.